The van der Waals surface area contributed by atoms with Crippen molar-refractivity contribution in [2.24, 2.45) is 0 Å². The van der Waals surface area contributed by atoms with Crippen molar-refractivity contribution in [2.45, 2.75) is 6.92 Å². The summed E-state index contributed by atoms with van der Waals surface area (Å²) in [5, 5.41) is 0. The highest BCUT2D eigenvalue weighted by Crippen LogP contribution is 2.35. The van der Waals surface area contributed by atoms with E-state index in [-0.39, 0.29) is 0 Å². The van der Waals surface area contributed by atoms with Crippen LogP contribution in [0.3, 0.4) is 0 Å². The Bertz CT molecular complexity index is 1520. The molecule has 0 spiro atoms. The van der Waals surface area contributed by atoms with E-state index in [4.69, 9.17) is 14.5 Å². The molecule has 6 aromatic rings. The number of hydrogen-bond donors (Lipinski definition) is 1. The summed E-state index contributed by atoms with van der Waals surface area (Å²) in [4.78, 5) is 8.61. The Hall–Kier alpha value is -5.09. The maximum atomic E-state index is 5.99. The lowest BCUT2D eigenvalue weighted by Gasteiger charge is -2.08. The molecule has 0 aliphatic rings. The van der Waals surface area contributed by atoms with Crippen LogP contribution in [0, 0.1) is 6.92 Å². The number of H-pyrrole nitrogens is 1. The molecular formula is C34H26N2O2. The summed E-state index contributed by atoms with van der Waals surface area (Å²) in [6.07, 6.45) is 0. The molecule has 0 radical (unpaired) electrons. The van der Waals surface area contributed by atoms with E-state index in [1.54, 1.807) is 0 Å². The van der Waals surface area contributed by atoms with Gasteiger partial charge in [0, 0.05) is 16.7 Å². The molecule has 0 aliphatic heterocycles. The molecule has 0 fully saturated rings. The number of para-hydroxylation sites is 2. The molecule has 0 amide bonds. The van der Waals surface area contributed by atoms with E-state index in [0.29, 0.717) is 0 Å². The zero-order chi connectivity index (χ0) is 25.7. The van der Waals surface area contributed by atoms with E-state index in [0.717, 1.165) is 56.9 Å². The average molecular weight is 495 g/mol. The van der Waals surface area contributed by atoms with E-state index in [2.05, 4.69) is 48.3 Å². The van der Waals surface area contributed by atoms with Gasteiger partial charge in [0.25, 0.3) is 0 Å². The van der Waals surface area contributed by atoms with Crippen LogP contribution in [0.25, 0.3) is 33.9 Å². The zero-order valence-corrected chi connectivity index (χ0v) is 21.0. The lowest BCUT2D eigenvalue weighted by molar-refractivity contribution is 0.482. The van der Waals surface area contributed by atoms with Crippen LogP contribution in [-0.4, -0.2) is 9.97 Å². The summed E-state index contributed by atoms with van der Waals surface area (Å²) < 4.78 is 12.0. The number of ether oxygens (including phenoxy) is 2. The second-order valence-electron chi connectivity index (χ2n) is 9.05. The monoisotopic (exact) mass is 494 g/mol. The highest BCUT2D eigenvalue weighted by molar-refractivity contribution is 5.81. The van der Waals surface area contributed by atoms with Gasteiger partial charge < -0.3 is 14.5 Å². The van der Waals surface area contributed by atoms with Gasteiger partial charge in [0.1, 0.15) is 28.8 Å². The van der Waals surface area contributed by atoms with Gasteiger partial charge in [0.15, 0.2) is 0 Å². The molecule has 0 aliphatic carbocycles. The number of imidazole rings is 1. The van der Waals surface area contributed by atoms with Gasteiger partial charge in [-0.25, -0.2) is 4.98 Å². The van der Waals surface area contributed by atoms with Crippen LogP contribution in [0.4, 0.5) is 0 Å². The van der Waals surface area contributed by atoms with Crippen molar-refractivity contribution in [3.63, 3.8) is 0 Å². The van der Waals surface area contributed by atoms with Crippen molar-refractivity contribution in [3.8, 4) is 56.9 Å². The van der Waals surface area contributed by atoms with Crippen molar-refractivity contribution in [2.75, 3.05) is 0 Å². The first kappa shape index (κ1) is 23.3. The molecule has 0 unspecified atom stereocenters. The topological polar surface area (TPSA) is 47.1 Å². The second-order valence-corrected chi connectivity index (χ2v) is 9.05. The SMILES string of the molecule is Cc1ccc(-c2nc(-c3ccc(Oc4ccccc4)cc3)c(-c3ccc(Oc4ccccc4)cc3)[nH]2)cc1. The van der Waals surface area contributed by atoms with Gasteiger partial charge in [-0.1, -0.05) is 66.2 Å². The summed E-state index contributed by atoms with van der Waals surface area (Å²) in [5.74, 6) is 3.99. The molecule has 38 heavy (non-hydrogen) atoms. The zero-order valence-electron chi connectivity index (χ0n) is 21.0. The highest BCUT2D eigenvalue weighted by atomic mass is 16.5. The third kappa shape index (κ3) is 5.20. The van der Waals surface area contributed by atoms with Crippen molar-refractivity contribution >= 4 is 0 Å². The summed E-state index contributed by atoms with van der Waals surface area (Å²) in [6.45, 7) is 2.08. The number of rotatable bonds is 7. The van der Waals surface area contributed by atoms with E-state index in [1.165, 1.54) is 5.56 Å². The molecule has 0 bridgehead atoms. The molecule has 1 N–H and O–H groups in total. The Labute approximate surface area is 222 Å². The predicted octanol–water partition coefficient (Wildman–Crippen LogP) is 9.30. The Morgan fingerprint density at radius 2 is 0.921 bits per heavy atom. The van der Waals surface area contributed by atoms with Gasteiger partial charge in [-0.05, 0) is 79.7 Å². The number of aromatic amines is 1. The van der Waals surface area contributed by atoms with Crippen LogP contribution < -0.4 is 9.47 Å². The molecule has 1 aromatic heterocycles. The fourth-order valence-electron chi connectivity index (χ4n) is 4.26. The van der Waals surface area contributed by atoms with Crippen LogP contribution in [0.15, 0.2) is 133 Å². The Morgan fingerprint density at radius 3 is 1.45 bits per heavy atom. The molecular weight excluding hydrogens is 468 g/mol. The molecule has 0 saturated heterocycles. The van der Waals surface area contributed by atoms with E-state index in [1.807, 2.05) is 97.1 Å². The maximum absolute atomic E-state index is 5.99. The van der Waals surface area contributed by atoms with Crippen LogP contribution >= 0.6 is 0 Å². The van der Waals surface area contributed by atoms with Gasteiger partial charge in [-0.2, -0.15) is 0 Å². The van der Waals surface area contributed by atoms with Crippen molar-refractivity contribution < 1.29 is 9.47 Å². The number of aryl methyl sites for hydroxylation is 1. The van der Waals surface area contributed by atoms with E-state index in [9.17, 15) is 0 Å². The van der Waals surface area contributed by atoms with E-state index >= 15 is 0 Å². The van der Waals surface area contributed by atoms with Crippen LogP contribution in [0.5, 0.6) is 23.0 Å². The lowest BCUT2D eigenvalue weighted by atomic mass is 10.0. The summed E-state index contributed by atoms with van der Waals surface area (Å²) in [6, 6.07) is 44.1. The minimum atomic E-state index is 0.776. The van der Waals surface area contributed by atoms with Gasteiger partial charge in [0.2, 0.25) is 0 Å². The number of nitrogens with zero attached hydrogens (tertiary/aromatic N) is 1. The fraction of sp³-hybridized carbons (Fsp3) is 0.0294. The van der Waals surface area contributed by atoms with E-state index < -0.39 is 0 Å². The van der Waals surface area contributed by atoms with Gasteiger partial charge >= 0.3 is 0 Å². The average Bonchev–Trinajstić information content (AvgIpc) is 3.41. The Kier molecular flexibility index (Phi) is 6.44. The summed E-state index contributed by atoms with van der Waals surface area (Å²) in [5.41, 5.74) is 6.10. The minimum absolute atomic E-state index is 0.776. The molecule has 0 saturated carbocycles. The largest absolute Gasteiger partial charge is 0.457 e. The smallest absolute Gasteiger partial charge is 0.138 e. The molecule has 0 atom stereocenters. The third-order valence-electron chi connectivity index (χ3n) is 6.26. The molecule has 1 heterocycles. The Morgan fingerprint density at radius 1 is 0.474 bits per heavy atom. The number of hydrogen-bond acceptors (Lipinski definition) is 3. The molecule has 5 aromatic carbocycles. The third-order valence-corrected chi connectivity index (χ3v) is 6.26. The number of aromatic nitrogens is 2. The molecule has 6 rings (SSSR count). The molecule has 4 heteroatoms. The first-order valence-electron chi connectivity index (χ1n) is 12.5. The minimum Gasteiger partial charge on any atom is -0.457 e. The predicted molar refractivity (Wildman–Crippen MR) is 153 cm³/mol. The first-order valence-corrected chi connectivity index (χ1v) is 12.5. The maximum Gasteiger partial charge on any atom is 0.138 e. The number of nitrogens with one attached hydrogen (secondary N) is 1. The standard InChI is InChI=1S/C34H26N2O2/c1-24-12-14-27(15-13-24)34-35-32(25-16-20-30(21-17-25)37-28-8-4-2-5-9-28)33(36-34)26-18-22-31(23-19-26)38-29-10-6-3-7-11-29/h2-23H,1H3,(H,35,36). The fourth-order valence-corrected chi connectivity index (χ4v) is 4.26. The molecule has 4 nitrogen and oxygen atoms in total. The van der Waals surface area contributed by atoms with Crippen LogP contribution in [-0.2, 0) is 0 Å². The summed E-state index contributed by atoms with van der Waals surface area (Å²) in [7, 11) is 0. The second kappa shape index (κ2) is 10.5. The van der Waals surface area contributed by atoms with Crippen LogP contribution in [0.2, 0.25) is 0 Å². The Balaban J connectivity index is 1.34. The number of benzene rings is 5. The van der Waals surface area contributed by atoms with Gasteiger partial charge in [0.05, 0.1) is 11.4 Å². The summed E-state index contributed by atoms with van der Waals surface area (Å²) >= 11 is 0. The van der Waals surface area contributed by atoms with Crippen molar-refractivity contribution in [1.82, 2.24) is 9.97 Å². The first-order chi connectivity index (χ1) is 18.7. The van der Waals surface area contributed by atoms with Gasteiger partial charge in [-0.15, -0.1) is 0 Å². The van der Waals surface area contributed by atoms with Gasteiger partial charge in [-0.3, -0.25) is 0 Å². The quantitative estimate of drug-likeness (QED) is 0.240. The lowest BCUT2D eigenvalue weighted by Crippen LogP contribution is -1.87. The van der Waals surface area contributed by atoms with Crippen molar-refractivity contribution in [1.29, 1.82) is 0 Å². The van der Waals surface area contributed by atoms with Crippen LogP contribution in [0.1, 0.15) is 5.56 Å². The normalized spacial score (nSPS) is 10.8. The highest BCUT2D eigenvalue weighted by Gasteiger charge is 2.16. The molecule has 184 valence electrons. The van der Waals surface area contributed by atoms with Crippen molar-refractivity contribution in [3.05, 3.63) is 139 Å².